The standard InChI is InChI=1S/C30H28Cl2F2N6O3S/c1-19(39-17-30(33,34)18-39)14-40(44-24-4-2-3-21(10-24)11-35)15-27(42)37-23(16-41)9-20-5-7-22(8-6-20)38-29(43)28-25(31)12-36-13-26(28)32/h2-8,10,12-13,16,19,23H,9,14-15,17-18H2,1H3,(H,37,42)(H,38,43)/t19-,23+/m1/s1. The summed E-state index contributed by atoms with van der Waals surface area (Å²) in [4.78, 5) is 43.7. The third kappa shape index (κ3) is 9.20. The first kappa shape index (κ1) is 33.3. The maximum atomic E-state index is 13.4. The summed E-state index contributed by atoms with van der Waals surface area (Å²) in [6.07, 6.45) is 3.47. The summed E-state index contributed by atoms with van der Waals surface area (Å²) in [6, 6.07) is 14.5. The summed E-state index contributed by atoms with van der Waals surface area (Å²) >= 11 is 13.3. The normalized spacial score (nSPS) is 15.5. The average molecular weight is 662 g/mol. The molecule has 1 fully saturated rings. The van der Waals surface area contributed by atoms with E-state index in [1.165, 1.54) is 24.3 Å². The number of nitriles is 1. The largest absolute Gasteiger partial charge is 0.345 e. The number of benzene rings is 2. The number of aromatic nitrogens is 1. The number of carbonyl (C=O) groups is 3. The lowest BCUT2D eigenvalue weighted by Crippen LogP contribution is -2.61. The second kappa shape index (κ2) is 14.9. The van der Waals surface area contributed by atoms with Gasteiger partial charge in [0.25, 0.3) is 11.8 Å². The molecule has 0 radical (unpaired) electrons. The van der Waals surface area contributed by atoms with Gasteiger partial charge in [0.15, 0.2) is 0 Å². The second-order valence-corrected chi connectivity index (χ2v) is 12.3. The highest BCUT2D eigenvalue weighted by Gasteiger charge is 2.45. The SMILES string of the molecule is C[C@H](CN(CC(=O)N[C@H](C=O)Cc1ccc(NC(=O)c2c(Cl)cncc2Cl)cc1)Sc1cccc(C#N)c1)N1CC(F)(F)C1. The molecule has 2 N–H and O–H groups in total. The van der Waals surface area contributed by atoms with Crippen molar-refractivity contribution < 1.29 is 23.2 Å². The van der Waals surface area contributed by atoms with Crippen molar-refractivity contribution in [2.24, 2.45) is 0 Å². The zero-order valence-electron chi connectivity index (χ0n) is 23.5. The van der Waals surface area contributed by atoms with Gasteiger partial charge in [0.1, 0.15) is 6.29 Å². The number of carbonyl (C=O) groups excluding carboxylic acids is 3. The van der Waals surface area contributed by atoms with E-state index in [0.29, 0.717) is 29.0 Å². The predicted octanol–water partition coefficient (Wildman–Crippen LogP) is 5.09. The summed E-state index contributed by atoms with van der Waals surface area (Å²) in [5, 5.41) is 14.9. The van der Waals surface area contributed by atoms with Crippen molar-refractivity contribution >= 4 is 58.9 Å². The van der Waals surface area contributed by atoms with Crippen molar-refractivity contribution in [2.45, 2.75) is 36.2 Å². The van der Waals surface area contributed by atoms with Crippen molar-refractivity contribution in [3.63, 3.8) is 0 Å². The van der Waals surface area contributed by atoms with Gasteiger partial charge in [0.2, 0.25) is 5.91 Å². The molecule has 14 heteroatoms. The zero-order chi connectivity index (χ0) is 31.9. The van der Waals surface area contributed by atoms with E-state index in [9.17, 15) is 28.4 Å². The Morgan fingerprint density at radius 2 is 1.86 bits per heavy atom. The number of anilines is 1. The maximum Gasteiger partial charge on any atom is 0.272 e. The Morgan fingerprint density at radius 1 is 1.18 bits per heavy atom. The first-order chi connectivity index (χ1) is 21.0. The lowest BCUT2D eigenvalue weighted by molar-refractivity contribution is -0.145. The molecule has 2 aromatic carbocycles. The molecule has 1 saturated heterocycles. The molecule has 1 aliphatic heterocycles. The van der Waals surface area contributed by atoms with Crippen LogP contribution in [0.25, 0.3) is 0 Å². The van der Waals surface area contributed by atoms with E-state index in [0.717, 1.165) is 5.56 Å². The minimum atomic E-state index is -2.72. The molecular formula is C30H28Cl2F2N6O3S. The van der Waals surface area contributed by atoms with Gasteiger partial charge in [-0.2, -0.15) is 5.26 Å². The fourth-order valence-corrected chi connectivity index (χ4v) is 6.15. The Balaban J connectivity index is 1.36. The van der Waals surface area contributed by atoms with Gasteiger partial charge in [-0.3, -0.25) is 19.5 Å². The average Bonchev–Trinajstić information content (AvgIpc) is 2.96. The van der Waals surface area contributed by atoms with Gasteiger partial charge in [-0.15, -0.1) is 0 Å². The third-order valence-electron chi connectivity index (χ3n) is 6.74. The summed E-state index contributed by atoms with van der Waals surface area (Å²) in [5.74, 6) is -3.65. The molecule has 230 valence electrons. The van der Waals surface area contributed by atoms with E-state index in [1.54, 1.807) is 57.7 Å². The van der Waals surface area contributed by atoms with Crippen LogP contribution in [0.1, 0.15) is 28.4 Å². The van der Waals surface area contributed by atoms with Crippen molar-refractivity contribution in [2.75, 3.05) is 31.5 Å². The van der Waals surface area contributed by atoms with Gasteiger partial charge in [0.05, 0.1) is 52.9 Å². The van der Waals surface area contributed by atoms with Gasteiger partial charge in [-0.05, 0) is 61.2 Å². The fourth-order valence-electron chi connectivity index (χ4n) is 4.52. The molecule has 3 aromatic rings. The van der Waals surface area contributed by atoms with Crippen LogP contribution in [0.4, 0.5) is 14.5 Å². The molecule has 0 spiro atoms. The molecule has 4 rings (SSSR count). The van der Waals surface area contributed by atoms with Crippen LogP contribution in [-0.2, 0) is 16.0 Å². The molecule has 0 bridgehead atoms. The van der Waals surface area contributed by atoms with Crippen molar-refractivity contribution in [1.29, 1.82) is 5.26 Å². The molecule has 2 heterocycles. The Morgan fingerprint density at radius 3 is 2.48 bits per heavy atom. The number of alkyl halides is 2. The van der Waals surface area contributed by atoms with Crippen LogP contribution in [-0.4, -0.2) is 76.5 Å². The molecule has 2 amide bonds. The predicted molar refractivity (Wildman–Crippen MR) is 165 cm³/mol. The van der Waals surface area contributed by atoms with Gasteiger partial charge < -0.3 is 15.4 Å². The van der Waals surface area contributed by atoms with Crippen LogP contribution in [0.15, 0.2) is 65.8 Å². The molecule has 9 nitrogen and oxygen atoms in total. The van der Waals surface area contributed by atoms with E-state index in [2.05, 4.69) is 21.7 Å². The Labute approximate surface area is 267 Å². The van der Waals surface area contributed by atoms with Crippen LogP contribution in [0.2, 0.25) is 10.0 Å². The van der Waals surface area contributed by atoms with Gasteiger partial charge >= 0.3 is 0 Å². The lowest BCUT2D eigenvalue weighted by atomic mass is 10.1. The van der Waals surface area contributed by atoms with E-state index < -0.39 is 23.8 Å². The van der Waals surface area contributed by atoms with Crippen LogP contribution in [0.3, 0.4) is 0 Å². The van der Waals surface area contributed by atoms with E-state index >= 15 is 0 Å². The van der Waals surface area contributed by atoms with Crippen molar-refractivity contribution in [3.05, 3.63) is 87.7 Å². The van der Waals surface area contributed by atoms with Crippen molar-refractivity contribution in [1.82, 2.24) is 19.5 Å². The number of pyridine rings is 1. The van der Waals surface area contributed by atoms with Crippen LogP contribution >= 0.6 is 35.1 Å². The Bertz CT molecular complexity index is 1530. The third-order valence-corrected chi connectivity index (χ3v) is 8.31. The first-order valence-electron chi connectivity index (χ1n) is 13.4. The van der Waals surface area contributed by atoms with Crippen LogP contribution < -0.4 is 10.6 Å². The fraction of sp³-hybridized carbons (Fsp3) is 0.300. The molecule has 1 aliphatic rings. The lowest BCUT2D eigenvalue weighted by Gasteiger charge is -2.43. The summed E-state index contributed by atoms with van der Waals surface area (Å²) < 4.78 is 28.6. The molecule has 0 aliphatic carbocycles. The summed E-state index contributed by atoms with van der Waals surface area (Å²) in [6.45, 7) is 1.30. The van der Waals surface area contributed by atoms with Gasteiger partial charge in [-0.25, -0.2) is 13.1 Å². The number of rotatable bonds is 13. The van der Waals surface area contributed by atoms with Crippen molar-refractivity contribution in [3.8, 4) is 6.07 Å². The second-order valence-electron chi connectivity index (χ2n) is 10.3. The maximum absolute atomic E-state index is 13.4. The highest BCUT2D eigenvalue weighted by Crippen LogP contribution is 2.30. The first-order valence-corrected chi connectivity index (χ1v) is 15.0. The number of likely N-dealkylation sites (tertiary alicyclic amines) is 1. The summed E-state index contributed by atoms with van der Waals surface area (Å²) in [5.41, 5.74) is 1.74. The van der Waals surface area contributed by atoms with Crippen LogP contribution in [0.5, 0.6) is 0 Å². The number of halogens is 4. The smallest absolute Gasteiger partial charge is 0.272 e. The zero-order valence-corrected chi connectivity index (χ0v) is 25.8. The quantitative estimate of drug-likeness (QED) is 0.192. The van der Waals surface area contributed by atoms with Gasteiger partial charge in [-0.1, -0.05) is 41.4 Å². The minimum absolute atomic E-state index is 0.0957. The van der Waals surface area contributed by atoms with E-state index in [4.69, 9.17) is 23.2 Å². The Kier molecular flexibility index (Phi) is 11.3. The number of amides is 2. The highest BCUT2D eigenvalue weighted by atomic mass is 35.5. The number of aldehydes is 1. The summed E-state index contributed by atoms with van der Waals surface area (Å²) in [7, 11) is 0. The number of nitrogens with zero attached hydrogens (tertiary/aromatic N) is 4. The topological polar surface area (TPSA) is 118 Å². The molecular weight excluding hydrogens is 633 g/mol. The minimum Gasteiger partial charge on any atom is -0.345 e. The Hall–Kier alpha value is -3.60. The molecule has 2 atom stereocenters. The number of nitrogens with one attached hydrogen (secondary N) is 2. The van der Waals surface area contributed by atoms with E-state index in [1.807, 2.05) is 6.92 Å². The molecule has 44 heavy (non-hydrogen) atoms. The molecule has 0 unspecified atom stereocenters. The highest BCUT2D eigenvalue weighted by molar-refractivity contribution is 7.97. The van der Waals surface area contributed by atoms with Gasteiger partial charge in [0, 0.05) is 35.6 Å². The number of hydrogen-bond donors (Lipinski definition) is 2. The monoisotopic (exact) mass is 660 g/mol. The van der Waals surface area contributed by atoms with Crippen LogP contribution in [0, 0.1) is 11.3 Å². The van der Waals surface area contributed by atoms with E-state index in [-0.39, 0.29) is 47.7 Å². The number of hydrogen-bond acceptors (Lipinski definition) is 8. The molecule has 0 saturated carbocycles. The molecule has 1 aromatic heterocycles.